The first-order chi connectivity index (χ1) is 21.2. The van der Waals surface area contributed by atoms with Crippen molar-refractivity contribution in [3.63, 3.8) is 0 Å². The average Bonchev–Trinajstić information content (AvgIpc) is 3.60. The van der Waals surface area contributed by atoms with Crippen molar-refractivity contribution in [3.05, 3.63) is 64.9 Å². The first-order valence-corrected chi connectivity index (χ1v) is 12.9. The number of nitrogens with zero attached hydrogens (tertiary/aromatic N) is 3. The summed E-state index contributed by atoms with van der Waals surface area (Å²) < 4.78 is 108. The Hall–Kier alpha value is -4.54. The predicted octanol–water partition coefficient (Wildman–Crippen LogP) is 5.06. The fourth-order valence-electron chi connectivity index (χ4n) is 5.70. The minimum Gasteiger partial charge on any atom is -0.350 e. The smallest absolute Gasteiger partial charge is 0.350 e. The number of hydrogen-bond donors (Lipinski definition) is 2. The number of benzene rings is 2. The fraction of sp³-hybridized carbons (Fsp3) is 0.379. The summed E-state index contributed by atoms with van der Waals surface area (Å²) >= 11 is 0. The van der Waals surface area contributed by atoms with Crippen molar-refractivity contribution >= 4 is 34.3 Å². The van der Waals surface area contributed by atoms with Gasteiger partial charge in [-0.2, -0.15) is 18.4 Å². The van der Waals surface area contributed by atoms with E-state index in [9.17, 15) is 41.6 Å². The first-order valence-electron chi connectivity index (χ1n) is 14.4. The molecular weight excluding hydrogens is 580 g/mol. The lowest BCUT2D eigenvalue weighted by atomic mass is 9.79. The summed E-state index contributed by atoms with van der Waals surface area (Å²) in [5, 5.41) is 12.1. The van der Waals surface area contributed by atoms with Crippen LogP contribution in [0.5, 0.6) is 0 Å². The summed E-state index contributed by atoms with van der Waals surface area (Å²) in [7, 11) is 0. The Morgan fingerprint density at radius 1 is 1.21 bits per heavy atom. The van der Waals surface area contributed by atoms with Gasteiger partial charge in [0.15, 0.2) is 0 Å². The van der Waals surface area contributed by atoms with Crippen LogP contribution in [0.1, 0.15) is 52.4 Å². The van der Waals surface area contributed by atoms with Crippen molar-refractivity contribution in [3.8, 4) is 6.07 Å². The molecule has 3 aromatic rings. The van der Waals surface area contributed by atoms with E-state index >= 15 is 4.39 Å². The van der Waals surface area contributed by atoms with Crippen LogP contribution in [0, 0.1) is 23.0 Å². The quantitative estimate of drug-likeness (QED) is 0.395. The highest BCUT2D eigenvalue weighted by atomic mass is 19.4. The third kappa shape index (κ3) is 5.17. The summed E-state index contributed by atoms with van der Waals surface area (Å²) in [6.45, 7) is -1.99. The Balaban J connectivity index is 1.57. The number of H-pyrrole nitrogens is 1. The summed E-state index contributed by atoms with van der Waals surface area (Å²) in [6, 6.07) is 3.10. The maximum absolute atomic E-state index is 15.2. The van der Waals surface area contributed by atoms with Crippen molar-refractivity contribution in [2.24, 2.45) is 0 Å². The monoisotopic (exact) mass is 608 g/mol. The second kappa shape index (κ2) is 10.0. The molecule has 2 N–H and O–H groups in total. The largest absolute Gasteiger partial charge is 0.416 e. The SMILES string of the molecule is [2H]C([2H])([2H])N(C(=O)c1cc2c(F)cc(F)cc2[nH]1)[C@@H](CC(C)(C)F)C(=O)N1C[C@]2(C[C@H]1C#N)C(=O)Nc1cc(C(F)(F)F)ccc12. The summed E-state index contributed by atoms with van der Waals surface area (Å²) in [6.07, 6.45) is -6.02. The molecule has 0 bridgehead atoms. The third-order valence-corrected chi connectivity index (χ3v) is 7.71. The topological polar surface area (TPSA) is 109 Å². The number of halogens is 6. The van der Waals surface area contributed by atoms with Gasteiger partial charge in [-0.25, -0.2) is 13.2 Å². The molecule has 3 amide bonds. The lowest BCUT2D eigenvalue weighted by molar-refractivity contribution is -0.138. The van der Waals surface area contributed by atoms with Crippen LogP contribution in [0.25, 0.3) is 10.9 Å². The average molecular weight is 609 g/mol. The molecule has 2 aliphatic heterocycles. The number of nitrogens with one attached hydrogen (secondary N) is 2. The van der Waals surface area contributed by atoms with Crippen LogP contribution in [0.15, 0.2) is 36.4 Å². The van der Waals surface area contributed by atoms with E-state index in [0.717, 1.165) is 43.0 Å². The van der Waals surface area contributed by atoms with Crippen LogP contribution in [-0.2, 0) is 21.2 Å². The van der Waals surface area contributed by atoms with Gasteiger partial charge in [0.1, 0.15) is 35.1 Å². The first kappa shape index (κ1) is 26.1. The highest BCUT2D eigenvalue weighted by Crippen LogP contribution is 2.48. The second-order valence-corrected chi connectivity index (χ2v) is 11.3. The van der Waals surface area contributed by atoms with E-state index in [0.29, 0.717) is 12.1 Å². The van der Waals surface area contributed by atoms with E-state index in [1.165, 1.54) is 0 Å². The summed E-state index contributed by atoms with van der Waals surface area (Å²) in [5.41, 5.74) is -5.93. The molecule has 5 rings (SSSR count). The van der Waals surface area contributed by atoms with Crippen LogP contribution >= 0.6 is 0 Å². The summed E-state index contributed by atoms with van der Waals surface area (Å²) in [5.74, 6) is -5.50. The predicted molar refractivity (Wildman–Crippen MR) is 141 cm³/mol. The molecule has 2 aliphatic rings. The molecule has 0 aliphatic carbocycles. The zero-order valence-electron chi connectivity index (χ0n) is 25.6. The number of likely N-dealkylation sites (N-methyl/N-ethyl adjacent to an activating group) is 1. The van der Waals surface area contributed by atoms with Crippen LogP contribution in [0.3, 0.4) is 0 Å². The lowest BCUT2D eigenvalue weighted by Gasteiger charge is -2.34. The van der Waals surface area contributed by atoms with E-state index in [4.69, 9.17) is 4.11 Å². The zero-order chi connectivity index (χ0) is 34.1. The molecule has 1 aromatic heterocycles. The van der Waals surface area contributed by atoms with Gasteiger partial charge in [-0.15, -0.1) is 0 Å². The lowest BCUT2D eigenvalue weighted by Crippen LogP contribution is -2.53. The molecule has 1 spiro atoms. The van der Waals surface area contributed by atoms with Gasteiger partial charge in [0, 0.05) is 47.6 Å². The Labute approximate surface area is 245 Å². The number of alkyl halides is 4. The Kier molecular flexibility index (Phi) is 6.09. The number of rotatable bonds is 5. The van der Waals surface area contributed by atoms with Gasteiger partial charge in [0.05, 0.1) is 22.6 Å². The molecule has 1 saturated heterocycles. The van der Waals surface area contributed by atoms with E-state index in [2.05, 4.69) is 10.3 Å². The molecule has 3 heterocycles. The van der Waals surface area contributed by atoms with Gasteiger partial charge in [-0.3, -0.25) is 14.4 Å². The van der Waals surface area contributed by atoms with E-state index in [-0.39, 0.29) is 33.5 Å². The number of nitriles is 1. The molecule has 226 valence electrons. The third-order valence-electron chi connectivity index (χ3n) is 7.71. The number of aromatic amines is 1. The molecule has 2 aromatic carbocycles. The van der Waals surface area contributed by atoms with Gasteiger partial charge in [-0.1, -0.05) is 6.07 Å². The van der Waals surface area contributed by atoms with Crippen molar-refractivity contribution in [1.82, 2.24) is 14.8 Å². The number of carbonyl (C=O) groups is 3. The second-order valence-electron chi connectivity index (χ2n) is 11.3. The molecule has 14 heteroatoms. The van der Waals surface area contributed by atoms with Crippen LogP contribution in [0.4, 0.5) is 32.0 Å². The fourth-order valence-corrected chi connectivity index (χ4v) is 5.70. The minimum atomic E-state index is -4.73. The minimum absolute atomic E-state index is 0.0690. The maximum Gasteiger partial charge on any atom is 0.416 e. The number of fused-ring (bicyclic) bond motifs is 3. The molecule has 8 nitrogen and oxygen atoms in total. The summed E-state index contributed by atoms with van der Waals surface area (Å²) in [4.78, 5) is 44.5. The normalized spacial score (nSPS) is 22.0. The van der Waals surface area contributed by atoms with E-state index in [1.807, 2.05) is 6.07 Å². The van der Waals surface area contributed by atoms with Crippen LogP contribution < -0.4 is 5.32 Å². The molecular formula is C29H25F6N5O3. The zero-order valence-corrected chi connectivity index (χ0v) is 22.6. The van der Waals surface area contributed by atoms with Crippen molar-refractivity contribution < 1.29 is 44.8 Å². The molecule has 43 heavy (non-hydrogen) atoms. The van der Waals surface area contributed by atoms with E-state index in [1.54, 1.807) is 0 Å². The van der Waals surface area contributed by atoms with Crippen molar-refractivity contribution in [1.29, 1.82) is 5.26 Å². The van der Waals surface area contributed by atoms with Crippen LogP contribution in [0.2, 0.25) is 0 Å². The Bertz CT molecular complexity index is 1810. The van der Waals surface area contributed by atoms with Gasteiger partial charge >= 0.3 is 6.18 Å². The number of carbonyl (C=O) groups excluding carboxylic acids is 3. The van der Waals surface area contributed by atoms with Gasteiger partial charge in [-0.05, 0) is 43.7 Å². The van der Waals surface area contributed by atoms with Gasteiger partial charge in [0.25, 0.3) is 5.91 Å². The van der Waals surface area contributed by atoms with Crippen LogP contribution in [-0.4, -0.2) is 63.8 Å². The maximum atomic E-state index is 15.2. The number of likely N-dealkylation sites (tertiary alicyclic amines) is 1. The molecule has 0 unspecified atom stereocenters. The molecule has 0 radical (unpaired) electrons. The Morgan fingerprint density at radius 2 is 1.93 bits per heavy atom. The highest BCUT2D eigenvalue weighted by molar-refractivity contribution is 6.08. The standard InChI is InChI=1S/C29H25F6N5O3/c1-27(2,32)11-23(39(3)24(41)22-9-17-19(31)7-15(30)8-20(17)37-22)25(42)40-13-28(10-16(40)12-36)18-5-4-14(29(33,34)35)6-21(18)38-26(28)43/h4-9,16,23,37H,10-11,13H2,1-3H3,(H,38,43)/t16-,23-,28-/m0/s1/i3D3. The van der Waals surface area contributed by atoms with E-state index < -0.39 is 89.9 Å². The molecule has 3 atom stereocenters. The number of hydrogen-bond acceptors (Lipinski definition) is 4. The number of aromatic nitrogens is 1. The van der Waals surface area contributed by atoms with Gasteiger partial charge < -0.3 is 20.1 Å². The Morgan fingerprint density at radius 3 is 2.56 bits per heavy atom. The highest BCUT2D eigenvalue weighted by Gasteiger charge is 2.57. The molecule has 1 fully saturated rings. The van der Waals surface area contributed by atoms with Crippen molar-refractivity contribution in [2.45, 2.75) is 56.0 Å². The van der Waals surface area contributed by atoms with Gasteiger partial charge in [0.2, 0.25) is 11.8 Å². The number of anilines is 1. The number of amides is 3. The van der Waals surface area contributed by atoms with Crippen molar-refractivity contribution in [2.75, 3.05) is 18.8 Å². The molecule has 0 saturated carbocycles.